The minimum atomic E-state index is 0.890. The zero-order valence-electron chi connectivity index (χ0n) is 26.5. The van der Waals surface area contributed by atoms with Gasteiger partial charge in [-0.15, -0.1) is 11.3 Å². The van der Waals surface area contributed by atoms with E-state index in [2.05, 4.69) is 169 Å². The van der Waals surface area contributed by atoms with Crippen LogP contribution in [-0.2, 0) is 0 Å². The fourth-order valence-electron chi connectivity index (χ4n) is 7.30. The molecule has 3 heteroatoms. The van der Waals surface area contributed by atoms with Crippen molar-refractivity contribution >= 4 is 81.3 Å². The summed E-state index contributed by atoms with van der Waals surface area (Å²) in [6.07, 6.45) is 0. The second kappa shape index (κ2) is 11.2. The van der Waals surface area contributed by atoms with Gasteiger partial charge in [-0.25, -0.2) is 0 Å². The topological polar surface area (TPSA) is 16.4 Å². The van der Waals surface area contributed by atoms with E-state index in [-0.39, 0.29) is 0 Å². The standard InChI is InChI=1S/C46H29NOS/c1-2-13-37-31(9-1)10-8-16-38(37)33-11-7-12-35(27-33)47(36-24-26-44-42(29-36)39-14-3-5-17-43(39)48-44)34-22-19-30(20-23-34)32-21-25-41-40-15-4-6-18-45(40)49-46(41)28-32/h1-29H. The van der Waals surface area contributed by atoms with Crippen LogP contribution in [0, 0.1) is 0 Å². The van der Waals surface area contributed by atoms with Crippen LogP contribution >= 0.6 is 11.3 Å². The molecular formula is C46H29NOS. The molecule has 0 aliphatic rings. The zero-order valence-corrected chi connectivity index (χ0v) is 27.3. The SMILES string of the molecule is c1cc(-c2cccc3ccccc23)cc(N(c2ccc(-c3ccc4c(c3)sc3ccccc34)cc2)c2ccc3oc4ccccc4c3c2)c1. The average molecular weight is 644 g/mol. The summed E-state index contributed by atoms with van der Waals surface area (Å²) in [5.41, 5.74) is 9.88. The molecule has 0 atom stereocenters. The predicted octanol–water partition coefficient (Wildman–Crippen LogP) is 13.9. The van der Waals surface area contributed by atoms with Crippen molar-refractivity contribution in [1.29, 1.82) is 0 Å². The van der Waals surface area contributed by atoms with Crippen molar-refractivity contribution in [1.82, 2.24) is 0 Å². The Hall–Kier alpha value is -6.16. The first kappa shape index (κ1) is 27.9. The number of para-hydroxylation sites is 1. The van der Waals surface area contributed by atoms with E-state index < -0.39 is 0 Å². The number of fused-ring (bicyclic) bond motifs is 7. The lowest BCUT2D eigenvalue weighted by atomic mass is 9.97. The maximum Gasteiger partial charge on any atom is 0.135 e. The van der Waals surface area contributed by atoms with Crippen molar-refractivity contribution in [2.75, 3.05) is 4.90 Å². The van der Waals surface area contributed by atoms with Crippen LogP contribution < -0.4 is 4.90 Å². The molecule has 10 aromatic rings. The summed E-state index contributed by atoms with van der Waals surface area (Å²) in [4.78, 5) is 2.36. The first-order valence-corrected chi connectivity index (χ1v) is 17.4. The highest BCUT2D eigenvalue weighted by Crippen LogP contribution is 2.42. The third-order valence-corrected chi connectivity index (χ3v) is 10.8. The summed E-state index contributed by atoms with van der Waals surface area (Å²) in [5.74, 6) is 0. The molecule has 0 unspecified atom stereocenters. The molecule has 0 amide bonds. The number of benzene rings is 8. The van der Waals surface area contributed by atoms with Gasteiger partial charge in [0.25, 0.3) is 0 Å². The maximum absolute atomic E-state index is 6.21. The van der Waals surface area contributed by atoms with Crippen LogP contribution in [0.25, 0.3) is 75.1 Å². The van der Waals surface area contributed by atoms with Crippen molar-refractivity contribution < 1.29 is 4.42 Å². The maximum atomic E-state index is 6.21. The molecule has 0 saturated carbocycles. The molecule has 0 aliphatic carbocycles. The van der Waals surface area contributed by atoms with Crippen LogP contribution in [0.15, 0.2) is 180 Å². The fraction of sp³-hybridized carbons (Fsp3) is 0. The molecule has 230 valence electrons. The lowest BCUT2D eigenvalue weighted by molar-refractivity contribution is 0.669. The molecule has 8 aromatic carbocycles. The quantitative estimate of drug-likeness (QED) is 0.186. The van der Waals surface area contributed by atoms with Crippen molar-refractivity contribution in [3.8, 4) is 22.3 Å². The Morgan fingerprint density at radius 2 is 1.04 bits per heavy atom. The summed E-state index contributed by atoms with van der Waals surface area (Å²) in [5, 5.41) is 7.37. The van der Waals surface area contributed by atoms with Crippen LogP contribution in [0.5, 0.6) is 0 Å². The predicted molar refractivity (Wildman–Crippen MR) is 210 cm³/mol. The van der Waals surface area contributed by atoms with E-state index >= 15 is 0 Å². The Balaban J connectivity index is 1.11. The minimum Gasteiger partial charge on any atom is -0.456 e. The number of furan rings is 1. The average Bonchev–Trinajstić information content (AvgIpc) is 3.73. The summed E-state index contributed by atoms with van der Waals surface area (Å²) in [7, 11) is 0. The number of hydrogen-bond acceptors (Lipinski definition) is 3. The minimum absolute atomic E-state index is 0.890. The lowest BCUT2D eigenvalue weighted by Gasteiger charge is -2.26. The van der Waals surface area contributed by atoms with Crippen molar-refractivity contribution in [3.63, 3.8) is 0 Å². The Kier molecular flexibility index (Phi) is 6.39. The van der Waals surface area contributed by atoms with Crippen LogP contribution in [-0.4, -0.2) is 0 Å². The zero-order chi connectivity index (χ0) is 32.3. The Morgan fingerprint density at radius 1 is 0.367 bits per heavy atom. The number of hydrogen-bond donors (Lipinski definition) is 0. The first-order valence-electron chi connectivity index (χ1n) is 16.6. The van der Waals surface area contributed by atoms with Gasteiger partial charge in [0.15, 0.2) is 0 Å². The molecule has 0 N–H and O–H groups in total. The van der Waals surface area contributed by atoms with E-state index in [1.165, 1.54) is 53.2 Å². The summed E-state index contributed by atoms with van der Waals surface area (Å²) in [6, 6.07) is 63.3. The molecule has 10 rings (SSSR count). The monoisotopic (exact) mass is 643 g/mol. The number of thiophene rings is 1. The van der Waals surface area contributed by atoms with Gasteiger partial charge in [0.05, 0.1) is 0 Å². The van der Waals surface area contributed by atoms with Gasteiger partial charge in [-0.2, -0.15) is 0 Å². The summed E-state index contributed by atoms with van der Waals surface area (Å²) in [6.45, 7) is 0. The second-order valence-corrected chi connectivity index (χ2v) is 13.6. The third-order valence-electron chi connectivity index (χ3n) is 9.66. The lowest BCUT2D eigenvalue weighted by Crippen LogP contribution is -2.10. The highest BCUT2D eigenvalue weighted by molar-refractivity contribution is 7.25. The number of rotatable bonds is 5. The third kappa shape index (κ3) is 4.70. The van der Waals surface area contributed by atoms with Crippen LogP contribution in [0.4, 0.5) is 17.1 Å². The molecule has 2 heterocycles. The molecular weight excluding hydrogens is 615 g/mol. The highest BCUT2D eigenvalue weighted by atomic mass is 32.1. The molecule has 0 saturated heterocycles. The molecule has 0 fully saturated rings. The van der Waals surface area contributed by atoms with Gasteiger partial charge < -0.3 is 9.32 Å². The number of nitrogens with zero attached hydrogens (tertiary/aromatic N) is 1. The van der Waals surface area contributed by atoms with Gasteiger partial charge in [0.2, 0.25) is 0 Å². The van der Waals surface area contributed by atoms with Crippen LogP contribution in [0.1, 0.15) is 0 Å². The molecule has 0 spiro atoms. The molecule has 2 aromatic heterocycles. The Bertz CT molecular complexity index is 2840. The van der Waals surface area contributed by atoms with Crippen molar-refractivity contribution in [3.05, 3.63) is 176 Å². The fourth-order valence-corrected chi connectivity index (χ4v) is 8.44. The molecule has 0 bridgehead atoms. The Morgan fingerprint density at radius 3 is 1.96 bits per heavy atom. The molecule has 0 radical (unpaired) electrons. The van der Waals surface area contributed by atoms with Crippen LogP contribution in [0.2, 0.25) is 0 Å². The van der Waals surface area contributed by atoms with Crippen molar-refractivity contribution in [2.45, 2.75) is 0 Å². The van der Waals surface area contributed by atoms with Gasteiger partial charge in [-0.1, -0.05) is 115 Å². The van der Waals surface area contributed by atoms with E-state index in [4.69, 9.17) is 4.42 Å². The van der Waals surface area contributed by atoms with Crippen molar-refractivity contribution in [2.24, 2.45) is 0 Å². The summed E-state index contributed by atoms with van der Waals surface area (Å²) >= 11 is 1.86. The van der Waals surface area contributed by atoms with Gasteiger partial charge >= 0.3 is 0 Å². The van der Waals surface area contributed by atoms with E-state index in [1.807, 2.05) is 23.5 Å². The van der Waals surface area contributed by atoms with Gasteiger partial charge in [0.1, 0.15) is 11.2 Å². The Labute approximate surface area is 287 Å². The molecule has 2 nitrogen and oxygen atoms in total. The van der Waals surface area contributed by atoms with Crippen LogP contribution in [0.3, 0.4) is 0 Å². The van der Waals surface area contributed by atoms with Gasteiger partial charge in [-0.3, -0.25) is 0 Å². The number of anilines is 3. The van der Waals surface area contributed by atoms with E-state index in [0.29, 0.717) is 0 Å². The summed E-state index contributed by atoms with van der Waals surface area (Å²) < 4.78 is 8.86. The molecule has 49 heavy (non-hydrogen) atoms. The van der Waals surface area contributed by atoms with E-state index in [1.54, 1.807) is 0 Å². The first-order chi connectivity index (χ1) is 24.3. The second-order valence-electron chi connectivity index (χ2n) is 12.5. The normalized spacial score (nSPS) is 11.7. The smallest absolute Gasteiger partial charge is 0.135 e. The largest absolute Gasteiger partial charge is 0.456 e. The van der Waals surface area contributed by atoms with Gasteiger partial charge in [-0.05, 0) is 93.7 Å². The van der Waals surface area contributed by atoms with E-state index in [9.17, 15) is 0 Å². The highest BCUT2D eigenvalue weighted by Gasteiger charge is 2.17. The van der Waals surface area contributed by atoms with Gasteiger partial charge in [0, 0.05) is 48.0 Å². The van der Waals surface area contributed by atoms with E-state index in [0.717, 1.165) is 39.0 Å². The molecule has 0 aliphatic heterocycles.